The molecule has 0 saturated carbocycles. The molecule has 0 aliphatic heterocycles. The first-order valence-corrected chi connectivity index (χ1v) is 4.59. The molecule has 8 heteroatoms. The third-order valence-electron chi connectivity index (χ3n) is 1.63. The zero-order valence-corrected chi connectivity index (χ0v) is 8.90. The van der Waals surface area contributed by atoms with E-state index in [1.807, 2.05) is 0 Å². The van der Waals surface area contributed by atoms with Gasteiger partial charge in [0.05, 0.1) is 16.7 Å². The fourth-order valence-corrected chi connectivity index (χ4v) is 1.01. The Morgan fingerprint density at radius 1 is 1.56 bits per heavy atom. The van der Waals surface area contributed by atoms with Crippen LogP contribution in [0.4, 0.5) is 5.69 Å². The molecular formula is C8H9N5O2S. The van der Waals surface area contributed by atoms with E-state index in [1.165, 1.54) is 12.3 Å². The predicted octanol–water partition coefficient (Wildman–Crippen LogP) is 0.267. The number of hydrogen-bond acceptors (Lipinski definition) is 5. The molecule has 16 heavy (non-hydrogen) atoms. The second kappa shape index (κ2) is 5.73. The molecule has 0 fully saturated rings. The first-order valence-electron chi connectivity index (χ1n) is 4.18. The third kappa shape index (κ3) is 3.26. The summed E-state index contributed by atoms with van der Waals surface area (Å²) in [6, 6.07) is 6.21. The molecule has 7 nitrogen and oxygen atoms in total. The maximum absolute atomic E-state index is 10.6. The molecule has 0 heterocycles. The van der Waals surface area contributed by atoms with E-state index in [2.05, 4.69) is 28.2 Å². The molecule has 0 bridgehead atoms. The van der Waals surface area contributed by atoms with Gasteiger partial charge in [-0.15, -0.1) is 0 Å². The Kier molecular flexibility index (Phi) is 4.30. The van der Waals surface area contributed by atoms with Crippen molar-refractivity contribution in [1.29, 1.82) is 0 Å². The summed E-state index contributed by atoms with van der Waals surface area (Å²) in [4.78, 5) is 10.2. The summed E-state index contributed by atoms with van der Waals surface area (Å²) < 4.78 is 0. The van der Waals surface area contributed by atoms with Crippen molar-refractivity contribution in [2.75, 3.05) is 0 Å². The van der Waals surface area contributed by atoms with Crippen LogP contribution in [-0.2, 0) is 0 Å². The average Bonchev–Trinajstić information content (AvgIpc) is 2.29. The van der Waals surface area contributed by atoms with Crippen LogP contribution in [0.2, 0.25) is 0 Å². The maximum atomic E-state index is 10.6. The fraction of sp³-hybridized carbons (Fsp3) is 0. The summed E-state index contributed by atoms with van der Waals surface area (Å²) in [7, 11) is 0. The number of hydrazone groups is 1. The Balaban J connectivity index is 2.80. The van der Waals surface area contributed by atoms with Crippen LogP contribution in [0.15, 0.2) is 29.4 Å². The summed E-state index contributed by atoms with van der Waals surface area (Å²) >= 11 is 4.66. The van der Waals surface area contributed by atoms with Gasteiger partial charge in [0, 0.05) is 6.07 Å². The van der Waals surface area contributed by atoms with Crippen molar-refractivity contribution in [1.82, 2.24) is 10.9 Å². The smallest absolute Gasteiger partial charge is 0.278 e. The second-order valence-corrected chi connectivity index (χ2v) is 3.07. The Labute approximate surface area is 96.4 Å². The van der Waals surface area contributed by atoms with Gasteiger partial charge >= 0.3 is 0 Å². The number of nitrogens with one attached hydrogen (secondary N) is 2. The van der Waals surface area contributed by atoms with Crippen LogP contribution in [0.3, 0.4) is 0 Å². The van der Waals surface area contributed by atoms with Crippen LogP contribution >= 0.6 is 12.2 Å². The molecule has 0 aliphatic rings. The van der Waals surface area contributed by atoms with Crippen LogP contribution in [-0.4, -0.2) is 16.3 Å². The largest absolute Gasteiger partial charge is 0.300 e. The van der Waals surface area contributed by atoms with Gasteiger partial charge in [0.15, 0.2) is 0 Å². The van der Waals surface area contributed by atoms with E-state index in [0.717, 1.165) is 0 Å². The van der Waals surface area contributed by atoms with E-state index in [1.54, 1.807) is 18.2 Å². The molecule has 0 amide bonds. The molecule has 0 unspecified atom stereocenters. The third-order valence-corrected chi connectivity index (χ3v) is 1.84. The average molecular weight is 239 g/mol. The fourth-order valence-electron chi connectivity index (χ4n) is 0.956. The number of hydrogen-bond donors (Lipinski definition) is 3. The van der Waals surface area contributed by atoms with Gasteiger partial charge in [0.25, 0.3) is 5.69 Å². The second-order valence-electron chi connectivity index (χ2n) is 2.66. The van der Waals surface area contributed by atoms with Crippen molar-refractivity contribution in [3.63, 3.8) is 0 Å². The molecule has 0 saturated heterocycles. The standard InChI is InChI=1S/C8H9N5O2S/c9-11-8(16)12-10-5-6-3-1-2-4-7(6)13(14)15/h1-5H,9H2,(H2,11,12,16)/b10-5+. The Bertz CT molecular complexity index is 434. The van der Waals surface area contributed by atoms with Gasteiger partial charge in [-0.05, 0) is 18.3 Å². The topological polar surface area (TPSA) is 106 Å². The number of hydrazine groups is 1. The van der Waals surface area contributed by atoms with Gasteiger partial charge in [-0.2, -0.15) is 5.10 Å². The van der Waals surface area contributed by atoms with E-state index in [9.17, 15) is 10.1 Å². The van der Waals surface area contributed by atoms with Gasteiger partial charge in [0.1, 0.15) is 0 Å². The summed E-state index contributed by atoms with van der Waals surface area (Å²) in [5.41, 5.74) is 4.90. The lowest BCUT2D eigenvalue weighted by Gasteiger charge is -1.99. The number of thiocarbonyl (C=S) groups is 1. The monoisotopic (exact) mass is 239 g/mol. The highest BCUT2D eigenvalue weighted by Crippen LogP contribution is 2.14. The van der Waals surface area contributed by atoms with Crippen LogP contribution in [0, 0.1) is 10.1 Å². The molecule has 0 radical (unpaired) electrons. The van der Waals surface area contributed by atoms with Crippen molar-refractivity contribution in [2.24, 2.45) is 10.9 Å². The van der Waals surface area contributed by atoms with Crippen LogP contribution in [0.1, 0.15) is 5.56 Å². The first-order chi connectivity index (χ1) is 7.65. The van der Waals surface area contributed by atoms with E-state index in [-0.39, 0.29) is 10.8 Å². The van der Waals surface area contributed by atoms with Gasteiger partial charge in [-0.25, -0.2) is 5.84 Å². The molecule has 0 spiro atoms. The molecule has 1 aromatic rings. The van der Waals surface area contributed by atoms with Gasteiger partial charge < -0.3 is 0 Å². The number of para-hydroxylation sites is 1. The minimum Gasteiger partial charge on any atom is -0.300 e. The summed E-state index contributed by atoms with van der Waals surface area (Å²) in [5.74, 6) is 4.99. The van der Waals surface area contributed by atoms with E-state index in [0.29, 0.717) is 5.56 Å². The zero-order chi connectivity index (χ0) is 12.0. The molecule has 84 valence electrons. The minimum absolute atomic E-state index is 0.0281. The van der Waals surface area contributed by atoms with E-state index in [4.69, 9.17) is 5.84 Å². The Morgan fingerprint density at radius 3 is 2.88 bits per heavy atom. The number of nitro groups is 1. The highest BCUT2D eigenvalue weighted by Gasteiger charge is 2.09. The molecule has 1 rings (SSSR count). The minimum atomic E-state index is -0.485. The molecular weight excluding hydrogens is 230 g/mol. The number of benzene rings is 1. The quantitative estimate of drug-likeness (QED) is 0.230. The molecule has 4 N–H and O–H groups in total. The summed E-state index contributed by atoms with van der Waals surface area (Å²) in [6.07, 6.45) is 1.29. The van der Waals surface area contributed by atoms with Gasteiger partial charge in [-0.3, -0.25) is 21.0 Å². The molecule has 0 aromatic heterocycles. The maximum Gasteiger partial charge on any atom is 0.278 e. The zero-order valence-electron chi connectivity index (χ0n) is 8.08. The highest BCUT2D eigenvalue weighted by molar-refractivity contribution is 7.80. The normalized spacial score (nSPS) is 10.1. The van der Waals surface area contributed by atoms with Crippen molar-refractivity contribution < 1.29 is 4.92 Å². The SMILES string of the molecule is NNC(=S)N/N=C/c1ccccc1[N+](=O)[O-]. The number of nitro benzene ring substituents is 1. The molecule has 0 atom stereocenters. The van der Waals surface area contributed by atoms with Crippen molar-refractivity contribution in [2.45, 2.75) is 0 Å². The van der Waals surface area contributed by atoms with Crippen molar-refractivity contribution >= 4 is 29.2 Å². The first kappa shape index (κ1) is 12.0. The van der Waals surface area contributed by atoms with Crippen molar-refractivity contribution in [3.8, 4) is 0 Å². The summed E-state index contributed by atoms with van der Waals surface area (Å²) in [6.45, 7) is 0. The van der Waals surface area contributed by atoms with Gasteiger partial charge in [-0.1, -0.05) is 12.1 Å². The lowest BCUT2D eigenvalue weighted by molar-refractivity contribution is -0.385. The highest BCUT2D eigenvalue weighted by atomic mass is 32.1. The Hall–Kier alpha value is -2.06. The van der Waals surface area contributed by atoms with Gasteiger partial charge in [0.2, 0.25) is 5.11 Å². The van der Waals surface area contributed by atoms with Crippen LogP contribution in [0.25, 0.3) is 0 Å². The van der Waals surface area contributed by atoms with E-state index < -0.39 is 4.92 Å². The molecule has 1 aromatic carbocycles. The molecule has 0 aliphatic carbocycles. The van der Waals surface area contributed by atoms with Crippen LogP contribution < -0.4 is 16.7 Å². The lowest BCUT2D eigenvalue weighted by Crippen LogP contribution is -2.37. The number of rotatable bonds is 3. The Morgan fingerprint density at radius 2 is 2.25 bits per heavy atom. The number of nitrogens with zero attached hydrogens (tertiary/aromatic N) is 2. The summed E-state index contributed by atoms with van der Waals surface area (Å²) in [5, 5.41) is 14.5. The van der Waals surface area contributed by atoms with Crippen molar-refractivity contribution in [3.05, 3.63) is 39.9 Å². The van der Waals surface area contributed by atoms with E-state index >= 15 is 0 Å². The lowest BCUT2D eigenvalue weighted by atomic mass is 10.2. The number of nitrogens with two attached hydrogens (primary N) is 1. The predicted molar refractivity (Wildman–Crippen MR) is 63.7 cm³/mol. The van der Waals surface area contributed by atoms with Crippen LogP contribution in [0.5, 0.6) is 0 Å².